The van der Waals surface area contributed by atoms with Gasteiger partial charge in [-0.05, 0) is 45.4 Å². The molecule has 2 nitrogen and oxygen atoms in total. The van der Waals surface area contributed by atoms with Gasteiger partial charge in [-0.1, -0.05) is 5.57 Å². The van der Waals surface area contributed by atoms with Crippen LogP contribution in [-0.4, -0.2) is 13.1 Å². The average molecular weight is 207 g/mol. The Morgan fingerprint density at radius 3 is 2.87 bits per heavy atom. The molecule has 0 aliphatic rings. The Labute approximate surface area is 92.4 Å². The lowest BCUT2D eigenvalue weighted by Crippen LogP contribution is -2.25. The second kappa shape index (κ2) is 6.46. The van der Waals surface area contributed by atoms with Gasteiger partial charge in [0.15, 0.2) is 0 Å². The predicted molar refractivity (Wildman–Crippen MR) is 63.9 cm³/mol. The highest BCUT2D eigenvalue weighted by Crippen LogP contribution is 2.11. The highest BCUT2D eigenvalue weighted by atomic mass is 16.3. The highest BCUT2D eigenvalue weighted by molar-refractivity contribution is 4.98. The Morgan fingerprint density at radius 2 is 2.33 bits per heavy atom. The lowest BCUT2D eigenvalue weighted by atomic mass is 10.0. The minimum atomic E-state index is 0.562. The third-order valence-electron chi connectivity index (χ3n) is 2.65. The van der Waals surface area contributed by atoms with Crippen molar-refractivity contribution in [1.82, 2.24) is 5.32 Å². The number of furan rings is 1. The molecule has 0 saturated heterocycles. The van der Waals surface area contributed by atoms with Gasteiger partial charge in [-0.3, -0.25) is 0 Å². The van der Waals surface area contributed by atoms with E-state index in [9.17, 15) is 0 Å². The molecule has 1 heterocycles. The fourth-order valence-electron chi connectivity index (χ4n) is 1.62. The van der Waals surface area contributed by atoms with Gasteiger partial charge in [0.05, 0.1) is 6.26 Å². The van der Waals surface area contributed by atoms with Gasteiger partial charge in [-0.15, -0.1) is 6.58 Å². The van der Waals surface area contributed by atoms with Crippen molar-refractivity contribution in [3.63, 3.8) is 0 Å². The van der Waals surface area contributed by atoms with Crippen LogP contribution in [0.5, 0.6) is 0 Å². The van der Waals surface area contributed by atoms with Crippen LogP contribution < -0.4 is 5.32 Å². The van der Waals surface area contributed by atoms with E-state index in [4.69, 9.17) is 4.42 Å². The van der Waals surface area contributed by atoms with Gasteiger partial charge in [0, 0.05) is 12.5 Å². The lowest BCUT2D eigenvalue weighted by molar-refractivity contribution is 0.446. The van der Waals surface area contributed by atoms with E-state index in [-0.39, 0.29) is 0 Å². The summed E-state index contributed by atoms with van der Waals surface area (Å²) in [5.41, 5.74) is 1.26. The third-order valence-corrected chi connectivity index (χ3v) is 2.65. The molecule has 0 aliphatic carbocycles. The molecule has 0 fully saturated rings. The van der Waals surface area contributed by atoms with E-state index in [1.807, 2.05) is 19.2 Å². The largest absolute Gasteiger partial charge is 0.469 e. The van der Waals surface area contributed by atoms with Gasteiger partial charge in [0.2, 0.25) is 0 Å². The molecule has 2 heteroatoms. The molecular weight excluding hydrogens is 186 g/mol. The van der Waals surface area contributed by atoms with Crippen LogP contribution in [0.1, 0.15) is 31.9 Å². The quantitative estimate of drug-likeness (QED) is 0.695. The van der Waals surface area contributed by atoms with Crippen LogP contribution in [0.3, 0.4) is 0 Å². The molecule has 0 aromatic carbocycles. The monoisotopic (exact) mass is 207 g/mol. The fourth-order valence-corrected chi connectivity index (χ4v) is 1.62. The van der Waals surface area contributed by atoms with Crippen LogP contribution in [0.4, 0.5) is 0 Å². The van der Waals surface area contributed by atoms with E-state index in [0.717, 1.165) is 31.4 Å². The number of aryl methyl sites for hydroxylation is 1. The maximum absolute atomic E-state index is 5.31. The molecule has 1 rings (SSSR count). The van der Waals surface area contributed by atoms with E-state index in [1.165, 1.54) is 5.57 Å². The zero-order valence-electron chi connectivity index (χ0n) is 9.75. The van der Waals surface area contributed by atoms with Crippen molar-refractivity contribution < 1.29 is 4.42 Å². The number of hydrogen-bond donors (Lipinski definition) is 1. The van der Waals surface area contributed by atoms with Crippen molar-refractivity contribution in [2.75, 3.05) is 7.05 Å². The molecule has 1 N–H and O–H groups in total. The topological polar surface area (TPSA) is 25.2 Å². The van der Waals surface area contributed by atoms with E-state index < -0.39 is 0 Å². The third kappa shape index (κ3) is 4.84. The minimum absolute atomic E-state index is 0.562. The highest BCUT2D eigenvalue weighted by Gasteiger charge is 2.07. The summed E-state index contributed by atoms with van der Waals surface area (Å²) < 4.78 is 5.31. The summed E-state index contributed by atoms with van der Waals surface area (Å²) in [4.78, 5) is 0. The van der Waals surface area contributed by atoms with E-state index in [2.05, 4.69) is 18.8 Å². The molecule has 1 aromatic heterocycles. The van der Waals surface area contributed by atoms with E-state index in [1.54, 1.807) is 6.26 Å². The Balaban J connectivity index is 2.24. The fraction of sp³-hybridized carbons (Fsp3) is 0.538. The maximum atomic E-state index is 5.31. The van der Waals surface area contributed by atoms with Crippen molar-refractivity contribution in [3.05, 3.63) is 36.3 Å². The van der Waals surface area contributed by atoms with E-state index in [0.29, 0.717) is 6.04 Å². The Morgan fingerprint density at radius 1 is 1.53 bits per heavy atom. The molecule has 1 atom stereocenters. The Hall–Kier alpha value is -1.02. The van der Waals surface area contributed by atoms with Gasteiger partial charge < -0.3 is 9.73 Å². The standard InChI is InChI=1S/C13H21NO/c1-11(2)6-7-12(14-3)8-9-13-5-4-10-15-13/h4-5,10,12,14H,1,6-9H2,2-3H3. The molecule has 0 radical (unpaired) electrons. The molecule has 84 valence electrons. The van der Waals surface area contributed by atoms with Crippen molar-refractivity contribution >= 4 is 0 Å². The van der Waals surface area contributed by atoms with Crippen LogP contribution in [0.15, 0.2) is 35.0 Å². The molecule has 0 bridgehead atoms. The van der Waals surface area contributed by atoms with Crippen LogP contribution in [0, 0.1) is 0 Å². The summed E-state index contributed by atoms with van der Waals surface area (Å²) in [6.07, 6.45) is 6.12. The molecule has 15 heavy (non-hydrogen) atoms. The van der Waals surface area contributed by atoms with Crippen LogP contribution >= 0.6 is 0 Å². The van der Waals surface area contributed by atoms with Crippen molar-refractivity contribution in [1.29, 1.82) is 0 Å². The first-order valence-electron chi connectivity index (χ1n) is 5.56. The zero-order valence-corrected chi connectivity index (χ0v) is 9.75. The van der Waals surface area contributed by atoms with Crippen LogP contribution in [-0.2, 0) is 6.42 Å². The van der Waals surface area contributed by atoms with E-state index >= 15 is 0 Å². The second-order valence-corrected chi connectivity index (χ2v) is 4.10. The summed E-state index contributed by atoms with van der Waals surface area (Å²) in [6.45, 7) is 6.01. The van der Waals surface area contributed by atoms with Gasteiger partial charge in [-0.25, -0.2) is 0 Å². The molecule has 1 unspecified atom stereocenters. The first kappa shape index (κ1) is 12.1. The molecule has 0 aliphatic heterocycles. The summed E-state index contributed by atoms with van der Waals surface area (Å²) in [5.74, 6) is 1.07. The molecule has 0 amide bonds. The Kier molecular flexibility index (Phi) is 5.19. The van der Waals surface area contributed by atoms with Gasteiger partial charge in [0.25, 0.3) is 0 Å². The number of rotatable bonds is 7. The number of nitrogens with one attached hydrogen (secondary N) is 1. The molecule has 0 saturated carbocycles. The number of hydrogen-bond acceptors (Lipinski definition) is 2. The van der Waals surface area contributed by atoms with Crippen molar-refractivity contribution in [2.45, 2.75) is 38.6 Å². The zero-order chi connectivity index (χ0) is 11.1. The predicted octanol–water partition coefficient (Wildman–Crippen LogP) is 3.16. The minimum Gasteiger partial charge on any atom is -0.469 e. The van der Waals surface area contributed by atoms with Gasteiger partial charge in [-0.2, -0.15) is 0 Å². The number of allylic oxidation sites excluding steroid dienone is 1. The van der Waals surface area contributed by atoms with Crippen LogP contribution in [0.2, 0.25) is 0 Å². The second-order valence-electron chi connectivity index (χ2n) is 4.10. The summed E-state index contributed by atoms with van der Waals surface area (Å²) >= 11 is 0. The smallest absolute Gasteiger partial charge is 0.103 e. The normalized spacial score (nSPS) is 12.7. The van der Waals surface area contributed by atoms with Gasteiger partial charge >= 0.3 is 0 Å². The van der Waals surface area contributed by atoms with Gasteiger partial charge in [0.1, 0.15) is 5.76 Å². The van der Waals surface area contributed by atoms with Crippen molar-refractivity contribution in [2.24, 2.45) is 0 Å². The first-order valence-corrected chi connectivity index (χ1v) is 5.56. The summed E-state index contributed by atoms with van der Waals surface area (Å²) in [6, 6.07) is 4.54. The van der Waals surface area contributed by atoms with Crippen LogP contribution in [0.25, 0.3) is 0 Å². The molecular formula is C13H21NO. The van der Waals surface area contributed by atoms with Crippen molar-refractivity contribution in [3.8, 4) is 0 Å². The first-order chi connectivity index (χ1) is 7.22. The molecule has 1 aromatic rings. The Bertz CT molecular complexity index is 277. The molecule has 0 spiro atoms. The summed E-state index contributed by atoms with van der Waals surface area (Å²) in [7, 11) is 2.02. The lowest BCUT2D eigenvalue weighted by Gasteiger charge is -2.15. The SMILES string of the molecule is C=C(C)CCC(CCc1ccco1)NC. The summed E-state index contributed by atoms with van der Waals surface area (Å²) in [5, 5.41) is 3.34. The maximum Gasteiger partial charge on any atom is 0.103 e. The average Bonchev–Trinajstić information content (AvgIpc) is 2.70.